The first-order valence-electron chi connectivity index (χ1n) is 5.30. The number of aryl methyl sites for hydroxylation is 3. The third-order valence-electron chi connectivity index (χ3n) is 2.72. The minimum Gasteiger partial charge on any atom is -0.337 e. The van der Waals surface area contributed by atoms with Crippen LogP contribution in [0.2, 0.25) is 0 Å². The first-order valence-corrected chi connectivity index (χ1v) is 5.30. The standard InChI is InChI=1S/C11H17N5/c1-8-6-9(16(3)14-8)7-10(12)11-13-4-5-15(11)2/h4-6,10H,7,12H2,1-3H3. The van der Waals surface area contributed by atoms with Gasteiger partial charge in [-0.15, -0.1) is 0 Å². The molecular weight excluding hydrogens is 202 g/mol. The van der Waals surface area contributed by atoms with Gasteiger partial charge in [0, 0.05) is 38.6 Å². The zero-order valence-corrected chi connectivity index (χ0v) is 9.88. The summed E-state index contributed by atoms with van der Waals surface area (Å²) in [5.74, 6) is 0.902. The zero-order valence-electron chi connectivity index (χ0n) is 9.88. The van der Waals surface area contributed by atoms with Crippen molar-refractivity contribution in [3.8, 4) is 0 Å². The lowest BCUT2D eigenvalue weighted by atomic mass is 10.1. The van der Waals surface area contributed by atoms with Gasteiger partial charge in [0.2, 0.25) is 0 Å². The van der Waals surface area contributed by atoms with Crippen molar-refractivity contribution in [1.82, 2.24) is 19.3 Å². The summed E-state index contributed by atoms with van der Waals surface area (Å²) in [6.45, 7) is 1.98. The van der Waals surface area contributed by atoms with E-state index < -0.39 is 0 Å². The van der Waals surface area contributed by atoms with Gasteiger partial charge in [-0.2, -0.15) is 5.10 Å². The SMILES string of the molecule is Cc1cc(CC(N)c2nccn2C)n(C)n1. The van der Waals surface area contributed by atoms with Crippen LogP contribution in [0.3, 0.4) is 0 Å². The predicted octanol–water partition coefficient (Wildman–Crippen LogP) is 0.705. The number of hydrogen-bond donors (Lipinski definition) is 1. The molecule has 0 spiro atoms. The van der Waals surface area contributed by atoms with Crippen molar-refractivity contribution >= 4 is 0 Å². The first-order chi connectivity index (χ1) is 7.58. The largest absolute Gasteiger partial charge is 0.337 e. The lowest BCUT2D eigenvalue weighted by molar-refractivity contribution is 0.594. The molecule has 2 rings (SSSR count). The molecule has 1 atom stereocenters. The maximum Gasteiger partial charge on any atom is 0.125 e. The van der Waals surface area contributed by atoms with Crippen LogP contribution in [-0.2, 0) is 20.5 Å². The highest BCUT2D eigenvalue weighted by molar-refractivity contribution is 5.12. The Bertz CT molecular complexity index is 482. The van der Waals surface area contributed by atoms with E-state index in [1.807, 2.05) is 36.5 Å². The third kappa shape index (κ3) is 1.99. The van der Waals surface area contributed by atoms with Crippen molar-refractivity contribution in [3.05, 3.63) is 35.7 Å². The molecule has 0 saturated heterocycles. The van der Waals surface area contributed by atoms with Crippen molar-refractivity contribution < 1.29 is 0 Å². The highest BCUT2D eigenvalue weighted by atomic mass is 15.3. The van der Waals surface area contributed by atoms with E-state index in [2.05, 4.69) is 16.1 Å². The van der Waals surface area contributed by atoms with Crippen molar-refractivity contribution in [2.24, 2.45) is 19.8 Å². The van der Waals surface area contributed by atoms with Crippen LogP contribution in [0, 0.1) is 6.92 Å². The zero-order chi connectivity index (χ0) is 11.7. The Balaban J connectivity index is 2.16. The summed E-state index contributed by atoms with van der Waals surface area (Å²) in [6.07, 6.45) is 4.43. The topological polar surface area (TPSA) is 61.7 Å². The number of hydrogen-bond acceptors (Lipinski definition) is 3. The van der Waals surface area contributed by atoms with E-state index in [9.17, 15) is 0 Å². The molecule has 86 valence electrons. The molecule has 5 nitrogen and oxygen atoms in total. The monoisotopic (exact) mass is 219 g/mol. The summed E-state index contributed by atoms with van der Waals surface area (Å²) in [6, 6.07) is 1.97. The number of nitrogens with zero attached hydrogens (tertiary/aromatic N) is 4. The maximum atomic E-state index is 6.13. The van der Waals surface area contributed by atoms with E-state index in [1.165, 1.54) is 0 Å². The maximum absolute atomic E-state index is 6.13. The van der Waals surface area contributed by atoms with Crippen LogP contribution in [0.4, 0.5) is 0 Å². The lowest BCUT2D eigenvalue weighted by Gasteiger charge is -2.11. The normalized spacial score (nSPS) is 13.0. The third-order valence-corrected chi connectivity index (χ3v) is 2.72. The molecular formula is C11H17N5. The summed E-state index contributed by atoms with van der Waals surface area (Å²) in [7, 11) is 3.89. The second kappa shape index (κ2) is 4.09. The highest BCUT2D eigenvalue weighted by Gasteiger charge is 2.13. The average molecular weight is 219 g/mol. The van der Waals surface area contributed by atoms with Gasteiger partial charge >= 0.3 is 0 Å². The Hall–Kier alpha value is -1.62. The van der Waals surface area contributed by atoms with E-state index in [1.54, 1.807) is 6.20 Å². The van der Waals surface area contributed by atoms with Crippen molar-refractivity contribution in [3.63, 3.8) is 0 Å². The van der Waals surface area contributed by atoms with Gasteiger partial charge in [-0.25, -0.2) is 4.98 Å². The van der Waals surface area contributed by atoms with Gasteiger partial charge in [0.05, 0.1) is 11.7 Å². The molecule has 16 heavy (non-hydrogen) atoms. The number of aromatic nitrogens is 4. The average Bonchev–Trinajstić information content (AvgIpc) is 2.74. The molecule has 2 aromatic heterocycles. The molecule has 0 bridgehead atoms. The molecule has 0 amide bonds. The second-order valence-electron chi connectivity index (χ2n) is 4.11. The van der Waals surface area contributed by atoms with E-state index in [-0.39, 0.29) is 6.04 Å². The van der Waals surface area contributed by atoms with Crippen LogP contribution < -0.4 is 5.73 Å². The second-order valence-corrected chi connectivity index (χ2v) is 4.11. The molecule has 5 heteroatoms. The Morgan fingerprint density at radius 2 is 2.19 bits per heavy atom. The molecule has 2 N–H and O–H groups in total. The smallest absolute Gasteiger partial charge is 0.125 e. The van der Waals surface area contributed by atoms with Gasteiger partial charge < -0.3 is 10.3 Å². The van der Waals surface area contributed by atoms with Crippen molar-refractivity contribution in [2.45, 2.75) is 19.4 Å². The summed E-state index contributed by atoms with van der Waals surface area (Å²) in [5, 5.41) is 4.30. The predicted molar refractivity (Wildman–Crippen MR) is 61.8 cm³/mol. The molecule has 1 unspecified atom stereocenters. The van der Waals surface area contributed by atoms with Crippen LogP contribution >= 0.6 is 0 Å². The minimum absolute atomic E-state index is 0.0881. The van der Waals surface area contributed by atoms with Crippen molar-refractivity contribution in [2.75, 3.05) is 0 Å². The Kier molecular flexibility index (Phi) is 2.78. The summed E-state index contributed by atoms with van der Waals surface area (Å²) in [5.41, 5.74) is 8.28. The Morgan fingerprint density at radius 1 is 1.44 bits per heavy atom. The summed E-state index contributed by atoms with van der Waals surface area (Å²) >= 11 is 0. The van der Waals surface area contributed by atoms with Gasteiger partial charge in [0.1, 0.15) is 5.82 Å². The molecule has 0 aliphatic rings. The fraction of sp³-hybridized carbons (Fsp3) is 0.455. The summed E-state index contributed by atoms with van der Waals surface area (Å²) in [4.78, 5) is 4.26. The number of imidazole rings is 1. The van der Waals surface area contributed by atoms with Gasteiger partial charge in [0.15, 0.2) is 0 Å². The molecule has 0 saturated carbocycles. The quantitative estimate of drug-likeness (QED) is 0.826. The van der Waals surface area contributed by atoms with Crippen LogP contribution in [0.15, 0.2) is 18.5 Å². The van der Waals surface area contributed by atoms with Crippen LogP contribution in [0.1, 0.15) is 23.3 Å². The van der Waals surface area contributed by atoms with E-state index in [0.717, 1.165) is 23.6 Å². The van der Waals surface area contributed by atoms with Gasteiger partial charge in [-0.05, 0) is 13.0 Å². The molecule has 2 aromatic rings. The van der Waals surface area contributed by atoms with Crippen LogP contribution in [0.5, 0.6) is 0 Å². The van der Waals surface area contributed by atoms with Crippen molar-refractivity contribution in [1.29, 1.82) is 0 Å². The Morgan fingerprint density at radius 3 is 2.69 bits per heavy atom. The first kappa shape index (κ1) is 10.9. The highest BCUT2D eigenvalue weighted by Crippen LogP contribution is 2.14. The molecule has 2 heterocycles. The molecule has 0 aromatic carbocycles. The molecule has 0 aliphatic carbocycles. The van der Waals surface area contributed by atoms with Gasteiger partial charge in [-0.3, -0.25) is 4.68 Å². The fourth-order valence-electron chi connectivity index (χ4n) is 1.91. The van der Waals surface area contributed by atoms with E-state index >= 15 is 0 Å². The fourth-order valence-corrected chi connectivity index (χ4v) is 1.91. The number of rotatable bonds is 3. The van der Waals surface area contributed by atoms with E-state index in [0.29, 0.717) is 0 Å². The Labute approximate surface area is 94.9 Å². The van der Waals surface area contributed by atoms with Gasteiger partial charge in [-0.1, -0.05) is 0 Å². The van der Waals surface area contributed by atoms with Crippen LogP contribution in [0.25, 0.3) is 0 Å². The lowest BCUT2D eigenvalue weighted by Crippen LogP contribution is -2.19. The minimum atomic E-state index is -0.0881. The molecule has 0 aliphatic heterocycles. The summed E-state index contributed by atoms with van der Waals surface area (Å²) < 4.78 is 3.83. The molecule has 0 fully saturated rings. The molecule has 0 radical (unpaired) electrons. The van der Waals surface area contributed by atoms with E-state index in [4.69, 9.17) is 5.73 Å². The van der Waals surface area contributed by atoms with Crippen LogP contribution in [-0.4, -0.2) is 19.3 Å². The van der Waals surface area contributed by atoms with Gasteiger partial charge in [0.25, 0.3) is 0 Å². The number of nitrogens with two attached hydrogens (primary N) is 1.